The standard InChI is InChI=1S/C27H27ClN4O3/c1-31(2)15-17-7-10-20(11-8-17)29-26(18-5-4-6-21(13-18)32(3)16-24(33)34)25-22-12-9-19(28)14-23(22)30-27(25)35/h4-14,29H,15-16H2,1-3H3,(H,30,35)(H,33,34). The number of carboxylic acid groups (broad SMARTS) is 1. The molecule has 180 valence electrons. The average molecular weight is 491 g/mol. The van der Waals surface area contributed by atoms with Crippen LogP contribution >= 0.6 is 11.6 Å². The molecule has 0 unspecified atom stereocenters. The second-order valence-corrected chi connectivity index (χ2v) is 9.19. The molecule has 0 atom stereocenters. The molecule has 3 N–H and O–H groups in total. The van der Waals surface area contributed by atoms with Crippen LogP contribution in [-0.2, 0) is 16.1 Å². The second kappa shape index (κ2) is 10.2. The van der Waals surface area contributed by atoms with E-state index in [4.69, 9.17) is 11.6 Å². The topological polar surface area (TPSA) is 84.9 Å². The van der Waals surface area contributed by atoms with E-state index in [1.807, 2.05) is 68.7 Å². The van der Waals surface area contributed by atoms with Gasteiger partial charge in [0.15, 0.2) is 0 Å². The van der Waals surface area contributed by atoms with Crippen LogP contribution in [0, 0.1) is 0 Å². The minimum absolute atomic E-state index is 0.141. The van der Waals surface area contributed by atoms with Crippen molar-refractivity contribution < 1.29 is 14.7 Å². The van der Waals surface area contributed by atoms with Crippen molar-refractivity contribution in [3.05, 3.63) is 88.4 Å². The van der Waals surface area contributed by atoms with Crippen molar-refractivity contribution in [2.75, 3.05) is 43.2 Å². The van der Waals surface area contributed by atoms with Crippen molar-refractivity contribution in [2.45, 2.75) is 6.54 Å². The summed E-state index contributed by atoms with van der Waals surface area (Å²) in [5.41, 5.74) is 5.99. The third-order valence-corrected chi connectivity index (χ3v) is 5.88. The van der Waals surface area contributed by atoms with E-state index in [0.717, 1.165) is 29.0 Å². The van der Waals surface area contributed by atoms with Gasteiger partial charge in [-0.05, 0) is 56.1 Å². The number of carboxylic acids is 1. The van der Waals surface area contributed by atoms with Crippen LogP contribution in [0.15, 0.2) is 66.7 Å². The molecule has 0 aliphatic carbocycles. The summed E-state index contributed by atoms with van der Waals surface area (Å²) in [6.45, 7) is 0.681. The Kier molecular flexibility index (Phi) is 7.10. The van der Waals surface area contributed by atoms with Crippen molar-refractivity contribution >= 4 is 51.8 Å². The Balaban J connectivity index is 1.81. The number of halogens is 1. The molecule has 0 saturated carbocycles. The number of anilines is 3. The average Bonchev–Trinajstić information content (AvgIpc) is 3.12. The van der Waals surface area contributed by atoms with Gasteiger partial charge in [0.2, 0.25) is 0 Å². The Labute approximate surface area is 209 Å². The first-order valence-electron chi connectivity index (χ1n) is 11.1. The van der Waals surface area contributed by atoms with Crippen molar-refractivity contribution in [3.8, 4) is 0 Å². The lowest BCUT2D eigenvalue weighted by atomic mass is 9.99. The molecule has 0 saturated heterocycles. The highest BCUT2D eigenvalue weighted by Crippen LogP contribution is 2.39. The highest BCUT2D eigenvalue weighted by Gasteiger charge is 2.29. The van der Waals surface area contributed by atoms with Crippen LogP contribution in [0.5, 0.6) is 0 Å². The van der Waals surface area contributed by atoms with Gasteiger partial charge < -0.3 is 25.5 Å². The van der Waals surface area contributed by atoms with Crippen LogP contribution < -0.4 is 15.5 Å². The third kappa shape index (κ3) is 5.65. The third-order valence-electron chi connectivity index (χ3n) is 5.65. The number of nitrogens with zero attached hydrogens (tertiary/aromatic N) is 2. The number of benzene rings is 3. The number of likely N-dealkylation sites (N-methyl/N-ethyl adjacent to an activating group) is 1. The van der Waals surface area contributed by atoms with Gasteiger partial charge in [0.05, 0.1) is 17.0 Å². The van der Waals surface area contributed by atoms with Gasteiger partial charge >= 0.3 is 5.97 Å². The van der Waals surface area contributed by atoms with Crippen LogP contribution in [0.4, 0.5) is 17.1 Å². The summed E-state index contributed by atoms with van der Waals surface area (Å²) in [7, 11) is 5.76. The summed E-state index contributed by atoms with van der Waals surface area (Å²) in [4.78, 5) is 28.1. The predicted molar refractivity (Wildman–Crippen MR) is 142 cm³/mol. The normalized spacial score (nSPS) is 13.9. The predicted octanol–water partition coefficient (Wildman–Crippen LogP) is 4.85. The molecule has 3 aromatic carbocycles. The van der Waals surface area contributed by atoms with E-state index in [-0.39, 0.29) is 12.5 Å². The van der Waals surface area contributed by atoms with Crippen molar-refractivity contribution in [3.63, 3.8) is 0 Å². The first-order valence-corrected chi connectivity index (χ1v) is 11.5. The molecular formula is C27H27ClN4O3. The molecule has 8 heteroatoms. The molecule has 0 spiro atoms. The summed E-state index contributed by atoms with van der Waals surface area (Å²) in [6.07, 6.45) is 0. The summed E-state index contributed by atoms with van der Waals surface area (Å²) < 4.78 is 0. The van der Waals surface area contributed by atoms with Gasteiger partial charge in [0.25, 0.3) is 5.91 Å². The van der Waals surface area contributed by atoms with E-state index >= 15 is 0 Å². The van der Waals surface area contributed by atoms with E-state index in [2.05, 4.69) is 15.5 Å². The lowest BCUT2D eigenvalue weighted by molar-refractivity contribution is -0.135. The van der Waals surface area contributed by atoms with Crippen molar-refractivity contribution in [2.24, 2.45) is 0 Å². The quantitative estimate of drug-likeness (QED) is 0.391. The van der Waals surface area contributed by atoms with Crippen LogP contribution in [0.2, 0.25) is 5.02 Å². The Morgan fingerprint density at radius 1 is 1.03 bits per heavy atom. The molecule has 3 aromatic rings. The maximum absolute atomic E-state index is 13.1. The van der Waals surface area contributed by atoms with Crippen molar-refractivity contribution in [1.82, 2.24) is 4.90 Å². The van der Waals surface area contributed by atoms with Gasteiger partial charge in [-0.25, -0.2) is 0 Å². The smallest absolute Gasteiger partial charge is 0.323 e. The van der Waals surface area contributed by atoms with Gasteiger partial charge in [0, 0.05) is 41.1 Å². The fraction of sp³-hybridized carbons (Fsp3) is 0.185. The largest absolute Gasteiger partial charge is 0.480 e. The maximum Gasteiger partial charge on any atom is 0.323 e. The Morgan fingerprint density at radius 2 is 1.77 bits per heavy atom. The molecule has 1 amide bonds. The summed E-state index contributed by atoms with van der Waals surface area (Å²) in [5, 5.41) is 16.1. The highest BCUT2D eigenvalue weighted by molar-refractivity contribution is 6.38. The molecule has 0 fully saturated rings. The number of amides is 1. The number of hydrogen-bond donors (Lipinski definition) is 3. The zero-order valence-corrected chi connectivity index (χ0v) is 20.6. The number of carbonyl (C=O) groups is 2. The molecule has 7 nitrogen and oxygen atoms in total. The van der Waals surface area contributed by atoms with E-state index in [1.165, 1.54) is 5.56 Å². The maximum atomic E-state index is 13.1. The van der Waals surface area contributed by atoms with Gasteiger partial charge in [-0.15, -0.1) is 0 Å². The number of hydrogen-bond acceptors (Lipinski definition) is 5. The van der Waals surface area contributed by atoms with Crippen LogP contribution in [0.3, 0.4) is 0 Å². The molecule has 1 aliphatic rings. The summed E-state index contributed by atoms with van der Waals surface area (Å²) in [6, 6.07) is 20.8. The Bertz CT molecular complexity index is 1300. The molecule has 1 aliphatic heterocycles. The first-order chi connectivity index (χ1) is 16.7. The van der Waals surface area contributed by atoms with Gasteiger partial charge in [-0.3, -0.25) is 9.59 Å². The monoisotopic (exact) mass is 490 g/mol. The molecule has 4 rings (SSSR count). The van der Waals surface area contributed by atoms with Crippen LogP contribution in [0.25, 0.3) is 11.3 Å². The number of rotatable bonds is 8. The molecule has 1 heterocycles. The molecule has 0 aromatic heterocycles. The van der Waals surface area contributed by atoms with Crippen LogP contribution in [-0.4, -0.2) is 49.6 Å². The van der Waals surface area contributed by atoms with Gasteiger partial charge in [0.1, 0.15) is 6.54 Å². The minimum atomic E-state index is -0.923. The van der Waals surface area contributed by atoms with E-state index in [0.29, 0.717) is 22.0 Å². The lowest BCUT2D eigenvalue weighted by Crippen LogP contribution is -2.25. The Morgan fingerprint density at radius 3 is 2.46 bits per heavy atom. The van der Waals surface area contributed by atoms with E-state index in [9.17, 15) is 14.7 Å². The van der Waals surface area contributed by atoms with E-state index < -0.39 is 5.97 Å². The minimum Gasteiger partial charge on any atom is -0.480 e. The van der Waals surface area contributed by atoms with E-state index in [1.54, 1.807) is 24.1 Å². The fourth-order valence-corrected chi connectivity index (χ4v) is 4.24. The summed E-state index contributed by atoms with van der Waals surface area (Å²) in [5.74, 6) is -1.16. The first kappa shape index (κ1) is 24.3. The highest BCUT2D eigenvalue weighted by atomic mass is 35.5. The summed E-state index contributed by atoms with van der Waals surface area (Å²) >= 11 is 6.15. The molecular weight excluding hydrogens is 464 g/mol. The SMILES string of the molecule is CN(C)Cc1ccc(NC(=C2C(=O)Nc3cc(Cl)ccc32)c2cccc(N(C)CC(=O)O)c2)cc1. The zero-order chi connectivity index (χ0) is 25.1. The number of carbonyl (C=O) groups excluding carboxylic acids is 1. The molecule has 35 heavy (non-hydrogen) atoms. The van der Waals surface area contributed by atoms with Crippen LogP contribution in [0.1, 0.15) is 16.7 Å². The van der Waals surface area contributed by atoms with Gasteiger partial charge in [-0.1, -0.05) is 41.9 Å². The molecule has 0 radical (unpaired) electrons. The number of fused-ring (bicyclic) bond motifs is 1. The second-order valence-electron chi connectivity index (χ2n) is 8.75. The Hall–Kier alpha value is -3.81. The zero-order valence-electron chi connectivity index (χ0n) is 19.8. The molecule has 0 bridgehead atoms. The lowest BCUT2D eigenvalue weighted by Gasteiger charge is -2.20. The number of aliphatic carboxylic acids is 1. The fourth-order valence-electron chi connectivity index (χ4n) is 4.07. The number of nitrogens with one attached hydrogen (secondary N) is 2. The van der Waals surface area contributed by atoms with Crippen molar-refractivity contribution in [1.29, 1.82) is 0 Å². The van der Waals surface area contributed by atoms with Gasteiger partial charge in [-0.2, -0.15) is 0 Å².